The van der Waals surface area contributed by atoms with Crippen LogP contribution >= 0.6 is 24.8 Å². The van der Waals surface area contributed by atoms with Crippen LogP contribution in [-0.2, 0) is 19.1 Å². The van der Waals surface area contributed by atoms with Gasteiger partial charge in [0.1, 0.15) is 17.5 Å². The largest absolute Gasteiger partial charge is 0.464 e. The van der Waals surface area contributed by atoms with Crippen molar-refractivity contribution in [3.63, 3.8) is 0 Å². The fourth-order valence-electron chi connectivity index (χ4n) is 0.589. The third kappa shape index (κ3) is 9.44. The zero-order valence-corrected chi connectivity index (χ0v) is 9.82. The van der Waals surface area contributed by atoms with Crippen molar-refractivity contribution in [3.05, 3.63) is 0 Å². The molecule has 0 aromatic heterocycles. The molecule has 0 atom stereocenters. The van der Waals surface area contributed by atoms with Gasteiger partial charge in [0.25, 0.3) is 5.91 Å². The maximum Gasteiger partial charge on any atom is 0.332 e. The highest BCUT2D eigenvalue weighted by Crippen LogP contribution is 1.81. The molecule has 0 bridgehead atoms. The molecule has 0 aliphatic heterocycles. The minimum atomic E-state index is -0.511. The van der Waals surface area contributed by atoms with Crippen LogP contribution in [0.5, 0.6) is 0 Å². The van der Waals surface area contributed by atoms with Crippen LogP contribution in [0.4, 0.5) is 0 Å². The summed E-state index contributed by atoms with van der Waals surface area (Å²) in [6, 6.07) is 0. The number of rotatable bonds is 5. The van der Waals surface area contributed by atoms with Crippen LogP contribution in [-0.4, -0.2) is 36.0 Å². The van der Waals surface area contributed by atoms with E-state index in [4.69, 9.17) is 4.74 Å². The van der Waals surface area contributed by atoms with E-state index in [2.05, 4.69) is 40.4 Å². The molecular formula is C7H12N2O4S2. The summed E-state index contributed by atoms with van der Waals surface area (Å²) in [7, 11) is 0. The Hall–Kier alpha value is -0.860. The van der Waals surface area contributed by atoms with Crippen LogP contribution in [0.3, 0.4) is 0 Å². The van der Waals surface area contributed by atoms with Gasteiger partial charge in [0.05, 0.1) is 6.61 Å². The minimum absolute atomic E-state index is 0.133. The lowest BCUT2D eigenvalue weighted by atomic mass is 10.6. The van der Waals surface area contributed by atoms with Crippen LogP contribution in [0, 0.1) is 0 Å². The molecule has 0 saturated heterocycles. The molecule has 0 rings (SSSR count). The molecule has 0 aliphatic rings. The van der Waals surface area contributed by atoms with Gasteiger partial charge in [0.2, 0.25) is 0 Å². The van der Waals surface area contributed by atoms with E-state index >= 15 is 0 Å². The van der Waals surface area contributed by atoms with Crippen molar-refractivity contribution in [2.45, 2.75) is 6.92 Å². The Morgan fingerprint density at radius 1 is 1.33 bits per heavy atom. The molecule has 86 valence electrons. The standard InChI is InChI=1S/C7H12N2O4S2/c1-2-13-6(11)4-12-3-5(10)8-9-7(14)15/h2-4H2,1H3,(H,8,10)(H2,9,14,15). The van der Waals surface area contributed by atoms with Crippen molar-refractivity contribution in [2.24, 2.45) is 0 Å². The number of amides is 1. The number of esters is 1. The van der Waals surface area contributed by atoms with E-state index in [1.54, 1.807) is 6.92 Å². The second kappa shape index (κ2) is 8.45. The Bertz CT molecular complexity index is 247. The molecule has 2 N–H and O–H groups in total. The SMILES string of the molecule is CCOC(=O)COCC(=O)NNC(=S)S. The lowest BCUT2D eigenvalue weighted by Crippen LogP contribution is -2.41. The topological polar surface area (TPSA) is 76.7 Å². The van der Waals surface area contributed by atoms with Crippen molar-refractivity contribution in [1.82, 2.24) is 10.9 Å². The number of thiocarbonyl (C=S) groups is 1. The van der Waals surface area contributed by atoms with Gasteiger partial charge in [-0.3, -0.25) is 15.6 Å². The first-order chi connectivity index (χ1) is 7.06. The van der Waals surface area contributed by atoms with Gasteiger partial charge in [-0.2, -0.15) is 0 Å². The Morgan fingerprint density at radius 2 is 2.00 bits per heavy atom. The number of hydrogen-bond acceptors (Lipinski definition) is 5. The van der Waals surface area contributed by atoms with Gasteiger partial charge in [0.15, 0.2) is 0 Å². The highest BCUT2D eigenvalue weighted by molar-refractivity contribution is 8.11. The van der Waals surface area contributed by atoms with Gasteiger partial charge in [-0.05, 0) is 6.92 Å². The second-order valence-electron chi connectivity index (χ2n) is 2.28. The molecule has 1 amide bonds. The minimum Gasteiger partial charge on any atom is -0.464 e. The predicted molar refractivity (Wildman–Crippen MR) is 60.3 cm³/mol. The van der Waals surface area contributed by atoms with Crippen molar-refractivity contribution in [3.8, 4) is 0 Å². The van der Waals surface area contributed by atoms with Gasteiger partial charge >= 0.3 is 5.97 Å². The number of ether oxygens (including phenoxy) is 2. The maximum atomic E-state index is 10.9. The number of thiol groups is 1. The average Bonchev–Trinajstić information content (AvgIpc) is 2.15. The number of carbonyl (C=O) groups is 2. The van der Waals surface area contributed by atoms with E-state index in [0.717, 1.165) is 0 Å². The van der Waals surface area contributed by atoms with Crippen LogP contribution in [0.1, 0.15) is 6.92 Å². The van der Waals surface area contributed by atoms with Gasteiger partial charge < -0.3 is 9.47 Å². The van der Waals surface area contributed by atoms with Crippen LogP contribution in [0.15, 0.2) is 0 Å². The molecule has 6 nitrogen and oxygen atoms in total. The molecule has 0 radical (unpaired) electrons. The number of hydrazine groups is 1. The van der Waals surface area contributed by atoms with E-state index in [0.29, 0.717) is 0 Å². The summed E-state index contributed by atoms with van der Waals surface area (Å²) in [5, 5.41) is 0. The monoisotopic (exact) mass is 252 g/mol. The first kappa shape index (κ1) is 14.1. The zero-order valence-electron chi connectivity index (χ0n) is 8.11. The first-order valence-corrected chi connectivity index (χ1v) is 4.93. The average molecular weight is 252 g/mol. The first-order valence-electron chi connectivity index (χ1n) is 4.07. The molecule has 0 aromatic rings. The molecule has 0 saturated carbocycles. The summed E-state index contributed by atoms with van der Waals surface area (Å²) in [5.74, 6) is -0.973. The lowest BCUT2D eigenvalue weighted by Gasteiger charge is -2.06. The Kier molecular flexibility index (Phi) is 7.96. The van der Waals surface area contributed by atoms with Gasteiger partial charge in [-0.1, -0.05) is 12.2 Å². The smallest absolute Gasteiger partial charge is 0.332 e. The normalized spacial score (nSPS) is 9.20. The third-order valence-electron chi connectivity index (χ3n) is 1.07. The van der Waals surface area contributed by atoms with Crippen molar-refractivity contribution in [2.75, 3.05) is 19.8 Å². The summed E-state index contributed by atoms with van der Waals surface area (Å²) in [5.41, 5.74) is 4.51. The molecular weight excluding hydrogens is 240 g/mol. The summed E-state index contributed by atoms with van der Waals surface area (Å²) in [6.45, 7) is 1.45. The maximum absolute atomic E-state index is 10.9. The molecule has 15 heavy (non-hydrogen) atoms. The highest BCUT2D eigenvalue weighted by Gasteiger charge is 2.04. The van der Waals surface area contributed by atoms with E-state index in [1.807, 2.05) is 0 Å². The van der Waals surface area contributed by atoms with E-state index in [1.165, 1.54) is 0 Å². The number of carbonyl (C=O) groups excluding carboxylic acids is 2. The van der Waals surface area contributed by atoms with E-state index in [-0.39, 0.29) is 24.1 Å². The second-order valence-corrected chi connectivity index (χ2v) is 3.43. The predicted octanol–water partition coefficient (Wildman–Crippen LogP) is -0.598. The number of hydrogen-bond donors (Lipinski definition) is 3. The van der Waals surface area contributed by atoms with E-state index < -0.39 is 11.9 Å². The lowest BCUT2D eigenvalue weighted by molar-refractivity contribution is -0.149. The third-order valence-corrected chi connectivity index (χ3v) is 1.28. The van der Waals surface area contributed by atoms with Crippen molar-refractivity contribution >= 4 is 41.0 Å². The summed E-state index contributed by atoms with van der Waals surface area (Å²) >= 11 is 8.24. The van der Waals surface area contributed by atoms with Crippen molar-refractivity contribution in [1.29, 1.82) is 0 Å². The van der Waals surface area contributed by atoms with Gasteiger partial charge in [-0.15, -0.1) is 12.6 Å². The fraction of sp³-hybridized carbons (Fsp3) is 0.571. The molecule has 0 unspecified atom stereocenters. The Morgan fingerprint density at radius 3 is 2.53 bits per heavy atom. The highest BCUT2D eigenvalue weighted by atomic mass is 32.1. The molecule has 0 aliphatic carbocycles. The molecule has 0 aromatic carbocycles. The van der Waals surface area contributed by atoms with Crippen molar-refractivity contribution < 1.29 is 19.1 Å². The van der Waals surface area contributed by atoms with Crippen LogP contribution < -0.4 is 10.9 Å². The number of nitrogens with one attached hydrogen (secondary N) is 2. The Balaban J connectivity index is 3.46. The van der Waals surface area contributed by atoms with E-state index in [9.17, 15) is 9.59 Å². The summed E-state index contributed by atoms with van der Waals surface area (Å²) in [4.78, 5) is 21.7. The van der Waals surface area contributed by atoms with Crippen LogP contribution in [0.25, 0.3) is 0 Å². The molecule has 8 heteroatoms. The summed E-state index contributed by atoms with van der Waals surface area (Å²) < 4.78 is 9.46. The van der Waals surface area contributed by atoms with Gasteiger partial charge in [-0.25, -0.2) is 4.79 Å². The quantitative estimate of drug-likeness (QED) is 0.262. The van der Waals surface area contributed by atoms with Crippen LogP contribution in [0.2, 0.25) is 0 Å². The molecule has 0 heterocycles. The van der Waals surface area contributed by atoms with Gasteiger partial charge in [0, 0.05) is 0 Å². The summed E-state index contributed by atoms with van der Waals surface area (Å²) in [6.07, 6.45) is 0. The molecule has 0 fully saturated rings. The Labute approximate surface area is 98.1 Å². The molecule has 0 spiro atoms. The zero-order chi connectivity index (χ0) is 11.7. The fourth-order valence-corrected chi connectivity index (χ4v) is 0.696.